The quantitative estimate of drug-likeness (QED) is 0.720. The van der Waals surface area contributed by atoms with E-state index in [4.69, 9.17) is 4.74 Å². The van der Waals surface area contributed by atoms with Crippen molar-refractivity contribution in [2.45, 2.75) is 19.9 Å². The minimum Gasteiger partial charge on any atom is -0.495 e. The van der Waals surface area contributed by atoms with E-state index in [0.717, 1.165) is 0 Å². The van der Waals surface area contributed by atoms with Gasteiger partial charge in [0, 0.05) is 18.7 Å². The molecule has 8 nitrogen and oxygen atoms in total. The number of carboxylic acids is 1. The Labute approximate surface area is 139 Å². The van der Waals surface area contributed by atoms with Gasteiger partial charge in [0.15, 0.2) is 0 Å². The normalized spacial score (nSPS) is 15.2. The van der Waals surface area contributed by atoms with Crippen LogP contribution in [0.5, 0.6) is 5.75 Å². The topological polar surface area (TPSA) is 108 Å². The number of rotatable bonds is 6. The molecule has 24 heavy (non-hydrogen) atoms. The van der Waals surface area contributed by atoms with Crippen LogP contribution in [0.25, 0.3) is 0 Å². The summed E-state index contributed by atoms with van der Waals surface area (Å²) in [7, 11) is 1.48. The molecule has 3 N–H and O–H groups in total. The average Bonchev–Trinajstić information content (AvgIpc) is 2.96. The van der Waals surface area contributed by atoms with Gasteiger partial charge in [-0.2, -0.15) is 0 Å². The Kier molecular flexibility index (Phi) is 5.28. The van der Waals surface area contributed by atoms with Crippen molar-refractivity contribution in [3.05, 3.63) is 23.8 Å². The molecule has 1 aliphatic heterocycles. The number of ether oxygens (including phenoxy) is 1. The molecule has 1 aliphatic rings. The molecule has 0 unspecified atom stereocenters. The van der Waals surface area contributed by atoms with Gasteiger partial charge in [-0.25, -0.2) is 9.59 Å². The first-order chi connectivity index (χ1) is 11.3. The molecule has 0 radical (unpaired) electrons. The number of carbonyl (C=O) groups is 3. The van der Waals surface area contributed by atoms with Gasteiger partial charge in [0.2, 0.25) is 0 Å². The molecule has 0 aromatic heterocycles. The summed E-state index contributed by atoms with van der Waals surface area (Å²) in [6.07, 6.45) is 0. The van der Waals surface area contributed by atoms with Gasteiger partial charge < -0.3 is 20.5 Å². The van der Waals surface area contributed by atoms with Gasteiger partial charge >= 0.3 is 12.0 Å². The van der Waals surface area contributed by atoms with Crippen LogP contribution in [0.4, 0.5) is 10.5 Å². The van der Waals surface area contributed by atoms with Gasteiger partial charge in [-0.1, -0.05) is 13.8 Å². The average molecular weight is 335 g/mol. The molecule has 8 heteroatoms. The van der Waals surface area contributed by atoms with Gasteiger partial charge in [0.1, 0.15) is 11.8 Å². The van der Waals surface area contributed by atoms with Crippen LogP contribution in [-0.4, -0.2) is 49.3 Å². The monoisotopic (exact) mass is 335 g/mol. The number of nitrogens with zero attached hydrogens (tertiary/aromatic N) is 1. The molecule has 1 atom stereocenters. The maximum absolute atomic E-state index is 12.4. The van der Waals surface area contributed by atoms with E-state index in [-0.39, 0.29) is 17.5 Å². The second-order valence-corrected chi connectivity index (χ2v) is 5.80. The molecule has 1 saturated heterocycles. The number of benzene rings is 1. The summed E-state index contributed by atoms with van der Waals surface area (Å²) in [6, 6.07) is 3.39. The minimum atomic E-state index is -1.09. The molecule has 0 saturated carbocycles. The summed E-state index contributed by atoms with van der Waals surface area (Å²) in [6.45, 7) is 4.40. The maximum Gasteiger partial charge on any atom is 0.326 e. The van der Waals surface area contributed by atoms with Crippen molar-refractivity contribution >= 4 is 23.6 Å². The number of methoxy groups -OCH3 is 1. The lowest BCUT2D eigenvalue weighted by molar-refractivity contribution is -0.140. The molecular weight excluding hydrogens is 314 g/mol. The number of anilines is 1. The molecule has 1 heterocycles. The Morgan fingerprint density at radius 1 is 1.38 bits per heavy atom. The summed E-state index contributed by atoms with van der Waals surface area (Å²) in [5, 5.41) is 14.4. The molecule has 2 rings (SSSR count). The lowest BCUT2D eigenvalue weighted by atomic mass is 10.0. The van der Waals surface area contributed by atoms with Crippen molar-refractivity contribution in [2.24, 2.45) is 5.92 Å². The third kappa shape index (κ3) is 3.58. The van der Waals surface area contributed by atoms with Crippen LogP contribution < -0.4 is 20.3 Å². The first kappa shape index (κ1) is 17.6. The number of urea groups is 1. The second kappa shape index (κ2) is 7.20. The standard InChI is InChI=1S/C16H21N3O5/c1-9(2)13(15(21)22)18-14(20)10-4-5-12(24-3)11(8-10)19-7-6-17-16(19)23/h4-5,8-9,13H,6-7H2,1-3H3,(H,17,23)(H,18,20)(H,21,22)/t13-/m1/s1. The summed E-state index contributed by atoms with van der Waals surface area (Å²) < 4.78 is 5.25. The number of carboxylic acid groups (broad SMARTS) is 1. The van der Waals surface area contributed by atoms with E-state index in [9.17, 15) is 19.5 Å². The first-order valence-electron chi connectivity index (χ1n) is 7.62. The zero-order valence-electron chi connectivity index (χ0n) is 13.8. The Bertz CT molecular complexity index is 659. The zero-order valence-corrected chi connectivity index (χ0v) is 13.8. The summed E-state index contributed by atoms with van der Waals surface area (Å²) in [5.41, 5.74) is 0.731. The fourth-order valence-electron chi connectivity index (χ4n) is 2.48. The summed E-state index contributed by atoms with van der Waals surface area (Å²) in [5.74, 6) is -1.40. The predicted molar refractivity (Wildman–Crippen MR) is 87.5 cm³/mol. The molecule has 0 spiro atoms. The van der Waals surface area contributed by atoms with E-state index < -0.39 is 17.9 Å². The Morgan fingerprint density at radius 2 is 2.08 bits per heavy atom. The molecule has 130 valence electrons. The lowest BCUT2D eigenvalue weighted by Crippen LogP contribution is -2.44. The highest BCUT2D eigenvalue weighted by molar-refractivity contribution is 6.00. The third-order valence-corrected chi connectivity index (χ3v) is 3.81. The fraction of sp³-hybridized carbons (Fsp3) is 0.438. The molecular formula is C16H21N3O5. The van der Waals surface area contributed by atoms with Crippen LogP contribution in [0.15, 0.2) is 18.2 Å². The number of aliphatic carboxylic acids is 1. The summed E-state index contributed by atoms with van der Waals surface area (Å²) in [4.78, 5) is 36.9. The van der Waals surface area contributed by atoms with Crippen LogP contribution in [0.3, 0.4) is 0 Å². The number of amides is 3. The van der Waals surface area contributed by atoms with Crippen molar-refractivity contribution < 1.29 is 24.2 Å². The highest BCUT2D eigenvalue weighted by Gasteiger charge is 2.27. The van der Waals surface area contributed by atoms with E-state index in [1.165, 1.54) is 24.1 Å². The van der Waals surface area contributed by atoms with E-state index >= 15 is 0 Å². The van der Waals surface area contributed by atoms with Crippen LogP contribution in [0, 0.1) is 5.92 Å². The molecule has 0 bridgehead atoms. The van der Waals surface area contributed by atoms with Crippen LogP contribution in [-0.2, 0) is 4.79 Å². The molecule has 1 aromatic carbocycles. The molecule has 0 aliphatic carbocycles. The van der Waals surface area contributed by atoms with Gasteiger partial charge in [0.25, 0.3) is 5.91 Å². The largest absolute Gasteiger partial charge is 0.495 e. The van der Waals surface area contributed by atoms with E-state index in [1.54, 1.807) is 19.9 Å². The lowest BCUT2D eigenvalue weighted by Gasteiger charge is -2.20. The van der Waals surface area contributed by atoms with Crippen molar-refractivity contribution in [2.75, 3.05) is 25.1 Å². The van der Waals surface area contributed by atoms with E-state index in [2.05, 4.69) is 10.6 Å². The molecule has 1 aromatic rings. The van der Waals surface area contributed by atoms with Crippen molar-refractivity contribution in [1.29, 1.82) is 0 Å². The SMILES string of the molecule is COc1ccc(C(=O)N[C@@H](C(=O)O)C(C)C)cc1N1CCNC1=O. The first-order valence-corrected chi connectivity index (χ1v) is 7.62. The fourth-order valence-corrected chi connectivity index (χ4v) is 2.48. The minimum absolute atomic E-state index is 0.256. The highest BCUT2D eigenvalue weighted by atomic mass is 16.5. The van der Waals surface area contributed by atoms with Gasteiger partial charge in [0.05, 0.1) is 12.8 Å². The van der Waals surface area contributed by atoms with E-state index in [1.807, 2.05) is 0 Å². The van der Waals surface area contributed by atoms with Crippen LogP contribution >= 0.6 is 0 Å². The Balaban J connectivity index is 2.29. The molecule has 3 amide bonds. The number of hydrogen-bond acceptors (Lipinski definition) is 4. The highest BCUT2D eigenvalue weighted by Crippen LogP contribution is 2.30. The maximum atomic E-state index is 12.4. The van der Waals surface area contributed by atoms with Gasteiger partial charge in [-0.15, -0.1) is 0 Å². The van der Waals surface area contributed by atoms with Crippen molar-refractivity contribution in [1.82, 2.24) is 10.6 Å². The van der Waals surface area contributed by atoms with Gasteiger partial charge in [-0.3, -0.25) is 9.69 Å². The predicted octanol–water partition coefficient (Wildman–Crippen LogP) is 1.06. The molecule has 1 fully saturated rings. The summed E-state index contributed by atoms with van der Waals surface area (Å²) >= 11 is 0. The van der Waals surface area contributed by atoms with Crippen molar-refractivity contribution in [3.63, 3.8) is 0 Å². The second-order valence-electron chi connectivity index (χ2n) is 5.80. The van der Waals surface area contributed by atoms with Gasteiger partial charge in [-0.05, 0) is 24.1 Å². The third-order valence-electron chi connectivity index (χ3n) is 3.81. The Morgan fingerprint density at radius 3 is 2.58 bits per heavy atom. The Hall–Kier alpha value is -2.77. The van der Waals surface area contributed by atoms with Crippen LogP contribution in [0.1, 0.15) is 24.2 Å². The van der Waals surface area contributed by atoms with E-state index in [0.29, 0.717) is 24.5 Å². The number of carbonyl (C=O) groups excluding carboxylic acids is 2. The van der Waals surface area contributed by atoms with Crippen LogP contribution in [0.2, 0.25) is 0 Å². The smallest absolute Gasteiger partial charge is 0.326 e. The number of nitrogens with one attached hydrogen (secondary N) is 2. The van der Waals surface area contributed by atoms with Crippen molar-refractivity contribution in [3.8, 4) is 5.75 Å². The number of hydrogen-bond donors (Lipinski definition) is 3. The zero-order chi connectivity index (χ0) is 17.9.